The highest BCUT2D eigenvalue weighted by molar-refractivity contribution is 7.90. The van der Waals surface area contributed by atoms with Gasteiger partial charge in [-0.1, -0.05) is 17.7 Å². The third-order valence-corrected chi connectivity index (χ3v) is 5.74. The van der Waals surface area contributed by atoms with Crippen molar-refractivity contribution in [2.75, 3.05) is 12.3 Å². The molecule has 1 aromatic heterocycles. The molecule has 1 saturated heterocycles. The lowest BCUT2D eigenvalue weighted by Gasteiger charge is -2.17. The van der Waals surface area contributed by atoms with E-state index in [-0.39, 0.29) is 10.7 Å². The van der Waals surface area contributed by atoms with Crippen LogP contribution in [-0.4, -0.2) is 64.1 Å². The molecule has 1 fully saturated rings. The van der Waals surface area contributed by atoms with E-state index in [2.05, 4.69) is 4.98 Å². The van der Waals surface area contributed by atoms with Gasteiger partial charge >= 0.3 is 0 Å². The van der Waals surface area contributed by atoms with E-state index in [9.17, 15) is 23.4 Å². The van der Waals surface area contributed by atoms with Crippen LogP contribution in [0.4, 0.5) is 5.82 Å². The molecule has 0 bridgehead atoms. The SMILES string of the molecule is Cc1ccc(S(=O)(=O)NC(=O)c2ncn(C3OC(CO)C(O)C3O)c2N)cc1. The number of nitrogens with one attached hydrogen (secondary N) is 1. The van der Waals surface area contributed by atoms with Crippen LogP contribution < -0.4 is 10.5 Å². The Morgan fingerprint density at radius 2 is 1.93 bits per heavy atom. The second kappa shape index (κ2) is 7.48. The van der Waals surface area contributed by atoms with Crippen molar-refractivity contribution in [3.05, 3.63) is 41.9 Å². The largest absolute Gasteiger partial charge is 0.394 e. The highest BCUT2D eigenvalue weighted by atomic mass is 32.2. The van der Waals surface area contributed by atoms with Crippen molar-refractivity contribution in [2.24, 2.45) is 0 Å². The van der Waals surface area contributed by atoms with Crippen molar-refractivity contribution >= 4 is 21.7 Å². The minimum absolute atomic E-state index is 0.104. The summed E-state index contributed by atoms with van der Waals surface area (Å²) in [5.41, 5.74) is 6.32. The summed E-state index contributed by atoms with van der Waals surface area (Å²) >= 11 is 0. The van der Waals surface area contributed by atoms with Crippen LogP contribution in [0.2, 0.25) is 0 Å². The number of sulfonamides is 1. The third kappa shape index (κ3) is 3.59. The van der Waals surface area contributed by atoms with Crippen molar-refractivity contribution in [1.82, 2.24) is 14.3 Å². The number of carbonyl (C=O) groups excluding carboxylic acids is 1. The molecule has 1 aliphatic rings. The van der Waals surface area contributed by atoms with Crippen LogP contribution in [0.25, 0.3) is 0 Å². The summed E-state index contributed by atoms with van der Waals surface area (Å²) in [6, 6.07) is 5.88. The molecular formula is C16H20N4O7S. The van der Waals surface area contributed by atoms with Crippen molar-refractivity contribution in [1.29, 1.82) is 0 Å². The number of aromatic nitrogens is 2. The van der Waals surface area contributed by atoms with E-state index in [1.807, 2.05) is 4.72 Å². The summed E-state index contributed by atoms with van der Waals surface area (Å²) in [6.45, 7) is 1.26. The lowest BCUT2D eigenvalue weighted by molar-refractivity contribution is -0.0518. The molecule has 1 amide bonds. The molecule has 11 nitrogen and oxygen atoms in total. The number of nitrogen functional groups attached to an aromatic ring is 1. The van der Waals surface area contributed by atoms with Gasteiger partial charge in [0, 0.05) is 0 Å². The first-order valence-electron chi connectivity index (χ1n) is 8.24. The minimum atomic E-state index is -4.14. The van der Waals surface area contributed by atoms with Gasteiger partial charge in [0.25, 0.3) is 15.9 Å². The second-order valence-electron chi connectivity index (χ2n) is 6.36. The Hall–Kier alpha value is -2.51. The van der Waals surface area contributed by atoms with Crippen LogP contribution in [0.5, 0.6) is 0 Å². The number of carbonyl (C=O) groups is 1. The van der Waals surface area contributed by atoms with E-state index >= 15 is 0 Å². The predicted octanol–water partition coefficient (Wildman–Crippen LogP) is -1.50. The fourth-order valence-electron chi connectivity index (χ4n) is 2.80. The Bertz CT molecular complexity index is 973. The molecule has 4 unspecified atom stereocenters. The molecule has 28 heavy (non-hydrogen) atoms. The third-order valence-electron chi connectivity index (χ3n) is 4.40. The number of aryl methyl sites for hydroxylation is 1. The Morgan fingerprint density at radius 3 is 2.50 bits per heavy atom. The summed E-state index contributed by atoms with van der Waals surface area (Å²) in [4.78, 5) is 16.1. The number of ether oxygens (including phenoxy) is 1. The van der Waals surface area contributed by atoms with Gasteiger partial charge in [-0.05, 0) is 19.1 Å². The number of hydrogen-bond acceptors (Lipinski definition) is 9. The Morgan fingerprint density at radius 1 is 1.29 bits per heavy atom. The van der Waals surface area contributed by atoms with Gasteiger partial charge in [-0.25, -0.2) is 18.1 Å². The summed E-state index contributed by atoms with van der Waals surface area (Å²) in [7, 11) is -4.14. The topological polar surface area (TPSA) is 177 Å². The second-order valence-corrected chi connectivity index (χ2v) is 8.04. The maximum absolute atomic E-state index is 12.4. The van der Waals surface area contributed by atoms with Gasteiger partial charge in [-0.2, -0.15) is 0 Å². The summed E-state index contributed by atoms with van der Waals surface area (Å²) in [5, 5.41) is 29.0. The van der Waals surface area contributed by atoms with Crippen molar-refractivity contribution in [3.63, 3.8) is 0 Å². The zero-order valence-corrected chi connectivity index (χ0v) is 15.6. The zero-order valence-electron chi connectivity index (χ0n) is 14.8. The van der Waals surface area contributed by atoms with E-state index in [1.54, 1.807) is 19.1 Å². The highest BCUT2D eigenvalue weighted by Gasteiger charge is 2.44. The van der Waals surface area contributed by atoms with Crippen LogP contribution >= 0.6 is 0 Å². The summed E-state index contributed by atoms with van der Waals surface area (Å²) in [6.07, 6.45) is -3.96. The zero-order chi connectivity index (χ0) is 20.6. The molecule has 2 heterocycles. The lowest BCUT2D eigenvalue weighted by Crippen LogP contribution is -2.33. The van der Waals surface area contributed by atoms with E-state index in [1.165, 1.54) is 12.1 Å². The van der Waals surface area contributed by atoms with Gasteiger partial charge in [-0.3, -0.25) is 9.36 Å². The molecule has 2 aromatic rings. The van der Waals surface area contributed by atoms with Crippen molar-refractivity contribution < 1.29 is 33.3 Å². The molecule has 0 saturated carbocycles. The molecule has 1 aromatic carbocycles. The first kappa shape index (κ1) is 20.2. The van der Waals surface area contributed by atoms with Crippen molar-refractivity contribution in [2.45, 2.75) is 36.4 Å². The average Bonchev–Trinajstić information content (AvgIpc) is 3.15. The number of rotatable bonds is 5. The van der Waals surface area contributed by atoms with Gasteiger partial charge < -0.3 is 25.8 Å². The smallest absolute Gasteiger partial charge is 0.287 e. The first-order valence-corrected chi connectivity index (χ1v) is 9.72. The van der Waals surface area contributed by atoms with E-state index in [4.69, 9.17) is 15.6 Å². The quantitative estimate of drug-likeness (QED) is 0.391. The number of aliphatic hydroxyl groups is 3. The molecule has 12 heteroatoms. The standard InChI is InChI=1S/C16H20N4O7S/c1-8-2-4-9(5-3-8)28(25,26)19-15(24)11-14(17)20(7-18-11)16-13(23)12(22)10(6-21)27-16/h2-5,7,10,12-13,16,21-23H,6,17H2,1H3,(H,19,24). The van der Waals surface area contributed by atoms with Crippen LogP contribution in [0, 0.1) is 6.92 Å². The Balaban J connectivity index is 1.82. The Kier molecular flexibility index (Phi) is 5.41. The number of benzene rings is 1. The van der Waals surface area contributed by atoms with Crippen LogP contribution in [0.1, 0.15) is 22.3 Å². The summed E-state index contributed by atoms with van der Waals surface area (Å²) < 4.78 is 33.0. The van der Waals surface area contributed by atoms with Gasteiger partial charge in [0.15, 0.2) is 11.9 Å². The predicted molar refractivity (Wildman–Crippen MR) is 95.5 cm³/mol. The van der Waals surface area contributed by atoms with Crippen LogP contribution in [-0.2, 0) is 14.8 Å². The highest BCUT2D eigenvalue weighted by Crippen LogP contribution is 2.31. The normalized spacial score (nSPS) is 25.0. The first-order chi connectivity index (χ1) is 13.2. The van der Waals surface area contributed by atoms with Gasteiger partial charge in [0.1, 0.15) is 24.1 Å². The fraction of sp³-hybridized carbons (Fsp3) is 0.375. The number of nitrogens with zero attached hydrogens (tertiary/aromatic N) is 2. The average molecular weight is 412 g/mol. The maximum Gasteiger partial charge on any atom is 0.287 e. The number of amides is 1. The lowest BCUT2D eigenvalue weighted by atomic mass is 10.1. The molecule has 0 aliphatic carbocycles. The molecule has 6 N–H and O–H groups in total. The van der Waals surface area contributed by atoms with E-state index in [0.29, 0.717) is 0 Å². The van der Waals surface area contributed by atoms with Gasteiger partial charge in [0.2, 0.25) is 0 Å². The monoisotopic (exact) mass is 412 g/mol. The maximum atomic E-state index is 12.4. The number of anilines is 1. The minimum Gasteiger partial charge on any atom is -0.394 e. The van der Waals surface area contributed by atoms with Gasteiger partial charge in [0.05, 0.1) is 17.8 Å². The molecule has 3 rings (SSSR count). The fourth-order valence-corrected chi connectivity index (χ4v) is 3.76. The van der Waals surface area contributed by atoms with Crippen LogP contribution in [0.3, 0.4) is 0 Å². The van der Waals surface area contributed by atoms with E-state index < -0.39 is 52.8 Å². The van der Waals surface area contributed by atoms with Crippen molar-refractivity contribution in [3.8, 4) is 0 Å². The van der Waals surface area contributed by atoms with Gasteiger partial charge in [-0.15, -0.1) is 0 Å². The molecule has 1 aliphatic heterocycles. The number of aliphatic hydroxyl groups excluding tert-OH is 3. The molecule has 0 spiro atoms. The number of nitrogens with two attached hydrogens (primary N) is 1. The molecule has 0 radical (unpaired) electrons. The molecule has 152 valence electrons. The number of hydrogen-bond donors (Lipinski definition) is 5. The molecule has 4 atom stereocenters. The number of imidazole rings is 1. The Labute approximate surface area is 160 Å². The van der Waals surface area contributed by atoms with E-state index in [0.717, 1.165) is 16.5 Å². The molecular weight excluding hydrogens is 392 g/mol. The van der Waals surface area contributed by atoms with Crippen LogP contribution in [0.15, 0.2) is 35.5 Å². The summed E-state index contributed by atoms with van der Waals surface area (Å²) in [5.74, 6) is -1.34.